The van der Waals surface area contributed by atoms with Gasteiger partial charge in [-0.2, -0.15) is 0 Å². The molecule has 21 unspecified atom stereocenters. The Morgan fingerprint density at radius 2 is 0.846 bits per heavy atom. The molecule has 21 atom stereocenters. The monoisotopic (exact) mass is 715 g/mol. The predicted molar refractivity (Wildman–Crippen MR) is 230 cm³/mol. The van der Waals surface area contributed by atoms with Crippen molar-refractivity contribution in [1.82, 2.24) is 0 Å². The fraction of sp³-hybridized carbons (Fsp3) is 0.885. The minimum absolute atomic E-state index is 0.687. The van der Waals surface area contributed by atoms with Crippen LogP contribution in [0.15, 0.2) is 0 Å². The number of rotatable bonds is 8. The predicted octanol–water partition coefficient (Wildman–Crippen LogP) is 15.0. The molecule has 4 fully saturated rings. The Kier molecular flexibility index (Phi) is 12.7. The van der Waals surface area contributed by atoms with E-state index in [-0.39, 0.29) is 0 Å². The van der Waals surface area contributed by atoms with Gasteiger partial charge < -0.3 is 0 Å². The van der Waals surface area contributed by atoms with Crippen LogP contribution in [0, 0.1) is 165 Å². The van der Waals surface area contributed by atoms with E-state index in [0.29, 0.717) is 5.92 Å². The minimum atomic E-state index is 0.687. The van der Waals surface area contributed by atoms with Gasteiger partial charge in [0.2, 0.25) is 0 Å². The van der Waals surface area contributed by atoms with Gasteiger partial charge in [-0.25, -0.2) is 0 Å². The average molecular weight is 715 g/mol. The standard InChI is InChI=1S/C52H90/c1-24-22-45(35(12)28(5)33(10)39(16)48-37(14)29(6)26(3)30(7)38(48)15)46(25(24)2)23-47-36(13)44(21)52-50(47)42(19)34(11)43(20)51(52)49-40(17)31(8)27(4)32(9)41(49)18/h24-26,28-30,33-39,42-48,50-52H,22-23H2,1-21H3. The maximum absolute atomic E-state index is 2.72. The molecule has 0 bridgehead atoms. The molecule has 0 heteroatoms. The second kappa shape index (κ2) is 15.6. The SMILES string of the molecule is Cc1c(C)c(C)c(C2C(C)C(C)C(C)C3C(CC4C(C)C(C)CC4C(C)C(C)C(C)C(C)C4C(C)C(C)C(C)C(C)C4C)C(C)C(C)C23)c(C)c1C. The number of benzene rings is 1. The first-order valence-corrected chi connectivity index (χ1v) is 23.2. The van der Waals surface area contributed by atoms with Crippen molar-refractivity contribution in [2.75, 3.05) is 0 Å². The van der Waals surface area contributed by atoms with Gasteiger partial charge in [-0.3, -0.25) is 0 Å². The van der Waals surface area contributed by atoms with E-state index in [1.807, 2.05) is 0 Å². The zero-order valence-corrected chi connectivity index (χ0v) is 38.7. The van der Waals surface area contributed by atoms with Gasteiger partial charge in [-0.05, 0) is 217 Å². The highest BCUT2D eigenvalue weighted by atomic mass is 14.6. The van der Waals surface area contributed by atoms with Gasteiger partial charge in [-0.1, -0.05) is 111 Å². The lowest BCUT2D eigenvalue weighted by Crippen LogP contribution is -2.46. The molecule has 0 aromatic heterocycles. The molecule has 52 heavy (non-hydrogen) atoms. The fourth-order valence-electron chi connectivity index (χ4n) is 15.6. The maximum atomic E-state index is 2.72. The highest BCUT2D eigenvalue weighted by Gasteiger charge is 2.58. The third kappa shape index (κ3) is 6.65. The fourth-order valence-corrected chi connectivity index (χ4v) is 15.6. The third-order valence-corrected chi connectivity index (χ3v) is 21.3. The molecule has 0 heterocycles. The Morgan fingerprint density at radius 3 is 1.37 bits per heavy atom. The zero-order chi connectivity index (χ0) is 39.2. The third-order valence-electron chi connectivity index (χ3n) is 21.3. The summed E-state index contributed by atoms with van der Waals surface area (Å²) in [5.74, 6) is 18.6. The summed E-state index contributed by atoms with van der Waals surface area (Å²) < 4.78 is 0. The van der Waals surface area contributed by atoms with E-state index in [0.717, 1.165) is 130 Å². The summed E-state index contributed by atoms with van der Waals surface area (Å²) in [5, 5.41) is 0. The minimum Gasteiger partial charge on any atom is -0.0622 e. The van der Waals surface area contributed by atoms with Crippen molar-refractivity contribution in [2.24, 2.45) is 130 Å². The Bertz CT molecular complexity index is 1340. The molecule has 1 aromatic carbocycles. The van der Waals surface area contributed by atoms with Crippen LogP contribution in [0.2, 0.25) is 0 Å². The highest BCUT2D eigenvalue weighted by molar-refractivity contribution is 5.51. The molecule has 1 aromatic rings. The van der Waals surface area contributed by atoms with Crippen molar-refractivity contribution in [3.63, 3.8) is 0 Å². The Hall–Kier alpha value is -0.780. The van der Waals surface area contributed by atoms with Crippen molar-refractivity contribution < 1.29 is 0 Å². The number of hydrogen-bond donors (Lipinski definition) is 0. The van der Waals surface area contributed by atoms with Gasteiger partial charge in [-0.15, -0.1) is 0 Å². The van der Waals surface area contributed by atoms with Gasteiger partial charge in [0.15, 0.2) is 0 Å². The average Bonchev–Trinajstić information content (AvgIpc) is 3.53. The second-order valence-corrected chi connectivity index (χ2v) is 22.1. The molecule has 0 spiro atoms. The van der Waals surface area contributed by atoms with Crippen molar-refractivity contribution in [2.45, 2.75) is 164 Å². The lowest BCUT2D eigenvalue weighted by molar-refractivity contribution is -0.0333. The van der Waals surface area contributed by atoms with Crippen LogP contribution in [0.1, 0.15) is 163 Å². The van der Waals surface area contributed by atoms with Crippen LogP contribution in [-0.2, 0) is 0 Å². The Morgan fingerprint density at radius 1 is 0.423 bits per heavy atom. The summed E-state index contributed by atoms with van der Waals surface area (Å²) in [5.41, 5.74) is 9.61. The normalized spacial score (nSPS) is 47.6. The molecular formula is C52H90. The molecule has 298 valence electrons. The smallest absolute Gasteiger partial charge is 0.00943 e. The first-order valence-electron chi connectivity index (χ1n) is 23.2. The van der Waals surface area contributed by atoms with E-state index in [4.69, 9.17) is 0 Å². The molecule has 0 radical (unpaired) electrons. The molecule has 5 rings (SSSR count). The van der Waals surface area contributed by atoms with E-state index in [9.17, 15) is 0 Å². The van der Waals surface area contributed by atoms with Crippen molar-refractivity contribution in [3.05, 3.63) is 33.4 Å². The van der Waals surface area contributed by atoms with Crippen molar-refractivity contribution in [3.8, 4) is 0 Å². The van der Waals surface area contributed by atoms with Gasteiger partial charge in [0.05, 0.1) is 0 Å². The first-order chi connectivity index (χ1) is 24.1. The zero-order valence-electron chi connectivity index (χ0n) is 38.7. The molecular weight excluding hydrogens is 625 g/mol. The molecule has 0 nitrogen and oxygen atoms in total. The lowest BCUT2D eigenvalue weighted by Gasteiger charge is -2.52. The molecule has 0 aliphatic heterocycles. The van der Waals surface area contributed by atoms with E-state index in [1.165, 1.54) is 18.4 Å². The largest absolute Gasteiger partial charge is 0.0622 e. The van der Waals surface area contributed by atoms with E-state index < -0.39 is 0 Å². The molecule has 4 saturated carbocycles. The summed E-state index contributed by atoms with van der Waals surface area (Å²) in [6.07, 6.45) is 2.94. The van der Waals surface area contributed by atoms with Crippen LogP contribution in [-0.4, -0.2) is 0 Å². The van der Waals surface area contributed by atoms with Crippen LogP contribution in [0.25, 0.3) is 0 Å². The van der Waals surface area contributed by atoms with Gasteiger partial charge in [0.25, 0.3) is 0 Å². The molecule has 0 amide bonds. The molecule has 0 N–H and O–H groups in total. The van der Waals surface area contributed by atoms with Gasteiger partial charge in [0.1, 0.15) is 0 Å². The lowest BCUT2D eigenvalue weighted by atomic mass is 9.53. The van der Waals surface area contributed by atoms with Crippen LogP contribution < -0.4 is 0 Å². The highest BCUT2D eigenvalue weighted by Crippen LogP contribution is 2.65. The van der Waals surface area contributed by atoms with Crippen molar-refractivity contribution in [1.29, 1.82) is 0 Å². The maximum Gasteiger partial charge on any atom is -0.00943 e. The topological polar surface area (TPSA) is 0 Å². The summed E-state index contributed by atoms with van der Waals surface area (Å²) >= 11 is 0. The quantitative estimate of drug-likeness (QED) is 0.251. The van der Waals surface area contributed by atoms with Crippen LogP contribution >= 0.6 is 0 Å². The summed E-state index contributed by atoms with van der Waals surface area (Å²) in [6.45, 7) is 54.5. The summed E-state index contributed by atoms with van der Waals surface area (Å²) in [7, 11) is 0. The van der Waals surface area contributed by atoms with Crippen molar-refractivity contribution >= 4 is 0 Å². The van der Waals surface area contributed by atoms with E-state index in [1.54, 1.807) is 27.8 Å². The Labute approximate surface area is 326 Å². The number of hydrogen-bond acceptors (Lipinski definition) is 0. The molecule has 4 aliphatic rings. The van der Waals surface area contributed by atoms with Gasteiger partial charge in [0, 0.05) is 0 Å². The summed E-state index contributed by atoms with van der Waals surface area (Å²) in [4.78, 5) is 0. The van der Waals surface area contributed by atoms with Crippen LogP contribution in [0.3, 0.4) is 0 Å². The Balaban J connectivity index is 1.44. The van der Waals surface area contributed by atoms with Crippen LogP contribution in [0.4, 0.5) is 0 Å². The molecule has 4 aliphatic carbocycles. The summed E-state index contributed by atoms with van der Waals surface area (Å²) in [6, 6.07) is 0. The van der Waals surface area contributed by atoms with Gasteiger partial charge >= 0.3 is 0 Å². The first kappa shape index (κ1) is 42.4. The molecule has 0 saturated heterocycles. The van der Waals surface area contributed by atoms with Crippen LogP contribution in [0.5, 0.6) is 0 Å². The van der Waals surface area contributed by atoms with E-state index in [2.05, 4.69) is 145 Å². The number of fused-ring (bicyclic) bond motifs is 1. The second-order valence-electron chi connectivity index (χ2n) is 22.1. The van der Waals surface area contributed by atoms with E-state index >= 15 is 0 Å².